The van der Waals surface area contributed by atoms with Gasteiger partial charge in [-0.1, -0.05) is 12.1 Å². The molecule has 2 aromatic heterocycles. The van der Waals surface area contributed by atoms with E-state index in [0.29, 0.717) is 13.2 Å². The number of carbonyl (C=O) groups excluding carboxylic acids is 1. The molecule has 8 heteroatoms. The van der Waals surface area contributed by atoms with Gasteiger partial charge in [0.25, 0.3) is 0 Å². The Balaban J connectivity index is 1.35. The van der Waals surface area contributed by atoms with Gasteiger partial charge >= 0.3 is 0 Å². The lowest BCUT2D eigenvalue weighted by Gasteiger charge is -2.10. The number of halogens is 1. The topological polar surface area (TPSA) is 76.1 Å². The van der Waals surface area contributed by atoms with Gasteiger partial charge in [0.1, 0.15) is 28.5 Å². The molecule has 0 radical (unpaired) electrons. The molecule has 6 nitrogen and oxygen atoms in total. The number of ether oxygens (including phenoxy) is 1. The highest BCUT2D eigenvalue weighted by Crippen LogP contribution is 2.36. The maximum Gasteiger partial charge on any atom is 0.221 e. The van der Waals surface area contributed by atoms with Crippen molar-refractivity contribution in [2.24, 2.45) is 0 Å². The quantitative estimate of drug-likeness (QED) is 0.365. The Hall–Kier alpha value is -3.52. The van der Waals surface area contributed by atoms with Crippen LogP contribution in [0.1, 0.15) is 13.3 Å². The Morgan fingerprint density at radius 1 is 1.10 bits per heavy atom. The first kappa shape index (κ1) is 20.7. The highest BCUT2D eigenvalue weighted by molar-refractivity contribution is 7.17. The smallest absolute Gasteiger partial charge is 0.221 e. The first-order chi connectivity index (χ1) is 15.1. The van der Waals surface area contributed by atoms with E-state index >= 15 is 0 Å². The zero-order valence-electron chi connectivity index (χ0n) is 16.9. The van der Waals surface area contributed by atoms with Crippen molar-refractivity contribution in [1.82, 2.24) is 9.97 Å². The molecular weight excluding hydrogens is 415 g/mol. The largest absolute Gasteiger partial charge is 0.494 e. The zero-order chi connectivity index (χ0) is 21.6. The summed E-state index contributed by atoms with van der Waals surface area (Å²) in [7, 11) is 0. The molecule has 0 fully saturated rings. The van der Waals surface area contributed by atoms with Crippen molar-refractivity contribution in [2.75, 3.05) is 23.8 Å². The Kier molecular flexibility index (Phi) is 6.37. The highest BCUT2D eigenvalue weighted by Gasteiger charge is 2.13. The number of hydrogen-bond acceptors (Lipinski definition) is 6. The van der Waals surface area contributed by atoms with Crippen molar-refractivity contribution in [2.45, 2.75) is 13.3 Å². The number of benzene rings is 2. The summed E-state index contributed by atoms with van der Waals surface area (Å²) in [4.78, 5) is 20.7. The molecule has 0 saturated carbocycles. The van der Waals surface area contributed by atoms with E-state index in [2.05, 4.69) is 20.6 Å². The van der Waals surface area contributed by atoms with Crippen molar-refractivity contribution in [1.29, 1.82) is 0 Å². The van der Waals surface area contributed by atoms with Crippen LogP contribution < -0.4 is 15.4 Å². The Labute approximate surface area is 183 Å². The van der Waals surface area contributed by atoms with Gasteiger partial charge in [0.05, 0.1) is 12.0 Å². The Morgan fingerprint density at radius 2 is 1.87 bits per heavy atom. The third-order valence-electron chi connectivity index (χ3n) is 4.58. The first-order valence-electron chi connectivity index (χ1n) is 9.82. The predicted octanol–water partition coefficient (Wildman–Crippen LogP) is 5.34. The lowest BCUT2D eigenvalue weighted by Crippen LogP contribution is -2.09. The van der Waals surface area contributed by atoms with Crippen LogP contribution >= 0.6 is 11.3 Å². The zero-order valence-corrected chi connectivity index (χ0v) is 17.7. The van der Waals surface area contributed by atoms with Crippen LogP contribution in [0.15, 0.2) is 60.2 Å². The van der Waals surface area contributed by atoms with Crippen LogP contribution in [0.5, 0.6) is 5.75 Å². The number of anilines is 2. The van der Waals surface area contributed by atoms with Gasteiger partial charge in [-0.3, -0.25) is 4.79 Å². The van der Waals surface area contributed by atoms with Crippen molar-refractivity contribution >= 4 is 39.0 Å². The van der Waals surface area contributed by atoms with Gasteiger partial charge in [-0.15, -0.1) is 11.3 Å². The number of rotatable bonds is 8. The van der Waals surface area contributed by atoms with Crippen molar-refractivity contribution in [3.05, 3.63) is 66.1 Å². The lowest BCUT2D eigenvalue weighted by molar-refractivity contribution is -0.114. The molecule has 0 aliphatic heterocycles. The number of nitrogens with zero attached hydrogens (tertiary/aromatic N) is 2. The van der Waals surface area contributed by atoms with Crippen molar-refractivity contribution < 1.29 is 13.9 Å². The highest BCUT2D eigenvalue weighted by atomic mass is 32.1. The van der Waals surface area contributed by atoms with Crippen molar-refractivity contribution in [3.63, 3.8) is 0 Å². The molecule has 0 unspecified atom stereocenters. The molecule has 158 valence electrons. The molecular formula is C23H21FN4O2S. The minimum Gasteiger partial charge on any atom is -0.494 e. The summed E-state index contributed by atoms with van der Waals surface area (Å²) in [6.45, 7) is 2.69. The van der Waals surface area contributed by atoms with Crippen LogP contribution in [-0.4, -0.2) is 29.0 Å². The lowest BCUT2D eigenvalue weighted by atomic mass is 10.1. The predicted molar refractivity (Wildman–Crippen MR) is 122 cm³/mol. The SMILES string of the molecule is CC(=O)Nc1ccc(OCCCNc2ncnc3scc(-c4ccc(F)cc4)c23)cc1. The normalized spacial score (nSPS) is 10.8. The fraction of sp³-hybridized carbons (Fsp3) is 0.174. The van der Waals surface area contributed by atoms with Gasteiger partial charge < -0.3 is 15.4 Å². The second-order valence-electron chi connectivity index (χ2n) is 6.89. The second-order valence-corrected chi connectivity index (χ2v) is 7.75. The van der Waals surface area contributed by atoms with Gasteiger partial charge in [-0.25, -0.2) is 14.4 Å². The maximum atomic E-state index is 13.3. The van der Waals surface area contributed by atoms with Crippen LogP contribution in [0.4, 0.5) is 15.9 Å². The minimum absolute atomic E-state index is 0.105. The molecule has 1 amide bonds. The van der Waals surface area contributed by atoms with E-state index in [4.69, 9.17) is 4.74 Å². The summed E-state index contributed by atoms with van der Waals surface area (Å²) < 4.78 is 19.1. The molecule has 0 spiro atoms. The maximum absolute atomic E-state index is 13.3. The van der Waals surface area contributed by atoms with E-state index in [0.717, 1.165) is 45.0 Å². The van der Waals surface area contributed by atoms with Crippen LogP contribution in [0, 0.1) is 5.82 Å². The summed E-state index contributed by atoms with van der Waals surface area (Å²) >= 11 is 1.54. The molecule has 2 heterocycles. The van der Waals surface area contributed by atoms with Crippen LogP contribution in [0.3, 0.4) is 0 Å². The molecule has 0 bridgehead atoms. The number of carbonyl (C=O) groups is 1. The molecule has 0 aliphatic rings. The minimum atomic E-state index is -0.261. The van der Waals surface area contributed by atoms with Gasteiger partial charge in [0.15, 0.2) is 0 Å². The summed E-state index contributed by atoms with van der Waals surface area (Å²) in [6, 6.07) is 13.7. The number of thiophene rings is 1. The molecule has 0 saturated heterocycles. The molecule has 0 aliphatic carbocycles. The first-order valence-corrected chi connectivity index (χ1v) is 10.7. The van der Waals surface area contributed by atoms with Gasteiger partial charge in [-0.05, 0) is 48.4 Å². The van der Waals surface area contributed by atoms with E-state index < -0.39 is 0 Å². The average molecular weight is 437 g/mol. The molecule has 0 atom stereocenters. The van der Waals surface area contributed by atoms with Crippen LogP contribution in [-0.2, 0) is 4.79 Å². The molecule has 4 rings (SSSR count). The van der Waals surface area contributed by atoms with E-state index in [1.807, 2.05) is 17.5 Å². The number of nitrogens with one attached hydrogen (secondary N) is 2. The average Bonchev–Trinajstić information content (AvgIpc) is 3.20. The fourth-order valence-electron chi connectivity index (χ4n) is 3.16. The third kappa shape index (κ3) is 5.16. The van der Waals surface area contributed by atoms with E-state index in [1.165, 1.54) is 30.4 Å². The fourth-order valence-corrected chi connectivity index (χ4v) is 4.07. The van der Waals surface area contributed by atoms with E-state index in [-0.39, 0.29) is 11.7 Å². The Bertz CT molecular complexity index is 1180. The van der Waals surface area contributed by atoms with Gasteiger partial charge in [0, 0.05) is 30.1 Å². The van der Waals surface area contributed by atoms with E-state index in [1.54, 1.807) is 30.6 Å². The Morgan fingerprint density at radius 3 is 2.61 bits per heavy atom. The van der Waals surface area contributed by atoms with Crippen LogP contribution in [0.2, 0.25) is 0 Å². The van der Waals surface area contributed by atoms with Crippen LogP contribution in [0.25, 0.3) is 21.3 Å². The summed E-state index contributed by atoms with van der Waals surface area (Å²) in [5, 5.41) is 9.05. The standard InChI is InChI=1S/C23H21FN4O2S/c1-15(29)28-18-7-9-19(10-8-18)30-12-2-11-25-22-21-20(13-31-23(21)27-14-26-22)16-3-5-17(24)6-4-16/h3-10,13-14H,2,11-12H2,1H3,(H,28,29)(H,25,26,27). The number of aromatic nitrogens is 2. The molecule has 2 N–H and O–H groups in total. The second kappa shape index (κ2) is 9.53. The van der Waals surface area contributed by atoms with Crippen molar-refractivity contribution in [3.8, 4) is 16.9 Å². The monoisotopic (exact) mass is 436 g/mol. The summed E-state index contributed by atoms with van der Waals surface area (Å²) in [5.74, 6) is 1.13. The van der Waals surface area contributed by atoms with Gasteiger partial charge in [-0.2, -0.15) is 0 Å². The van der Waals surface area contributed by atoms with E-state index in [9.17, 15) is 9.18 Å². The number of hydrogen-bond donors (Lipinski definition) is 2. The summed E-state index contributed by atoms with van der Waals surface area (Å²) in [5.41, 5.74) is 2.65. The molecule has 2 aromatic carbocycles. The summed E-state index contributed by atoms with van der Waals surface area (Å²) in [6.07, 6.45) is 2.32. The third-order valence-corrected chi connectivity index (χ3v) is 5.47. The molecule has 4 aromatic rings. The number of fused-ring (bicyclic) bond motifs is 1. The number of amides is 1. The molecule has 31 heavy (non-hydrogen) atoms. The van der Waals surface area contributed by atoms with Gasteiger partial charge in [0.2, 0.25) is 5.91 Å².